The summed E-state index contributed by atoms with van der Waals surface area (Å²) in [6.07, 6.45) is 3.89. The summed E-state index contributed by atoms with van der Waals surface area (Å²) in [6.45, 7) is 0. The summed E-state index contributed by atoms with van der Waals surface area (Å²) in [4.78, 5) is 23.5. The van der Waals surface area contributed by atoms with Crippen molar-refractivity contribution in [1.29, 1.82) is 0 Å². The summed E-state index contributed by atoms with van der Waals surface area (Å²) in [5.41, 5.74) is 6.75. The number of benzene rings is 3. The molecule has 174 valence electrons. The second-order valence-corrected chi connectivity index (χ2v) is 7.61. The van der Waals surface area contributed by atoms with Gasteiger partial charge in [0.25, 0.3) is 0 Å². The highest BCUT2D eigenvalue weighted by Crippen LogP contribution is 2.22. The van der Waals surface area contributed by atoms with Gasteiger partial charge in [0, 0.05) is 23.4 Å². The molecule has 4 rings (SSSR count). The number of carbonyl (C=O) groups excluding carboxylic acids is 2. The van der Waals surface area contributed by atoms with Gasteiger partial charge >= 0.3 is 0 Å². The average Bonchev–Trinajstić information content (AvgIpc) is 3.31. The van der Waals surface area contributed by atoms with E-state index < -0.39 is 35.1 Å². The van der Waals surface area contributed by atoms with Gasteiger partial charge in [0.15, 0.2) is 5.82 Å². The third-order valence-electron chi connectivity index (χ3n) is 4.77. The first-order chi connectivity index (χ1) is 16.3. The molecule has 0 saturated carbocycles. The minimum atomic E-state index is -0.971. The van der Waals surface area contributed by atoms with Crippen LogP contribution < -0.4 is 11.1 Å². The molecule has 2 amide bonds. The summed E-state index contributed by atoms with van der Waals surface area (Å²) in [7, 11) is 0. The number of carbonyl (C=O) groups is 2. The van der Waals surface area contributed by atoms with Gasteiger partial charge in [-0.25, -0.2) is 8.78 Å². The third-order valence-corrected chi connectivity index (χ3v) is 5.06. The minimum absolute atomic E-state index is 0.204. The zero-order valence-electron chi connectivity index (χ0n) is 17.8. The fourth-order valence-electron chi connectivity index (χ4n) is 3.03. The van der Waals surface area contributed by atoms with Crippen LogP contribution in [0.3, 0.4) is 0 Å². The highest BCUT2D eigenvalue weighted by atomic mass is 35.5. The van der Waals surface area contributed by atoms with Crippen molar-refractivity contribution in [2.75, 3.05) is 0 Å². The molecule has 3 aromatic carbocycles. The normalized spacial score (nSPS) is 11.6. The van der Waals surface area contributed by atoms with Crippen molar-refractivity contribution in [3.63, 3.8) is 0 Å². The monoisotopic (exact) mass is 482 g/mol. The molecular formula is C25H21ClF2N4O2. The van der Waals surface area contributed by atoms with Crippen LogP contribution in [0.1, 0.15) is 11.1 Å². The molecule has 4 aromatic rings. The first kappa shape index (κ1) is 24.6. The van der Waals surface area contributed by atoms with Crippen LogP contribution in [-0.4, -0.2) is 28.1 Å². The molecule has 34 heavy (non-hydrogen) atoms. The first-order valence-electron chi connectivity index (χ1n) is 10.2. The van der Waals surface area contributed by atoms with Crippen molar-refractivity contribution in [3.8, 4) is 0 Å². The molecule has 6 nitrogen and oxygen atoms in total. The molecule has 0 aliphatic heterocycles. The van der Waals surface area contributed by atoms with E-state index in [4.69, 9.17) is 17.3 Å². The second-order valence-electron chi connectivity index (χ2n) is 7.20. The maximum atomic E-state index is 13.8. The third kappa shape index (κ3) is 6.73. The Kier molecular flexibility index (Phi) is 8.48. The Bertz CT molecular complexity index is 1280. The largest absolute Gasteiger partial charge is 0.368 e. The van der Waals surface area contributed by atoms with Crippen molar-refractivity contribution in [2.24, 2.45) is 5.73 Å². The Hall–Kier alpha value is -4.04. The number of aromatic amines is 1. The molecule has 9 heteroatoms. The van der Waals surface area contributed by atoms with E-state index >= 15 is 0 Å². The number of hydrogen-bond acceptors (Lipinski definition) is 3. The fourth-order valence-corrected chi connectivity index (χ4v) is 3.19. The van der Waals surface area contributed by atoms with E-state index in [1.807, 2.05) is 36.5 Å². The molecule has 1 aromatic heterocycles. The SMILES string of the molecule is NC(=O)C(Cc1ccccc1)NC(=O)/C=C/c1c(F)ccc(Cl)c1F.c1ccc2[nH]ncc2c1. The van der Waals surface area contributed by atoms with Crippen LogP contribution in [0.5, 0.6) is 0 Å². The van der Waals surface area contributed by atoms with Gasteiger partial charge in [-0.15, -0.1) is 0 Å². The number of primary amides is 1. The summed E-state index contributed by atoms with van der Waals surface area (Å²) in [6, 6.07) is 18.1. The maximum absolute atomic E-state index is 13.8. The van der Waals surface area contributed by atoms with Gasteiger partial charge < -0.3 is 11.1 Å². The molecule has 0 fully saturated rings. The number of halogens is 3. The predicted octanol–water partition coefficient (Wildman–Crippen LogP) is 4.41. The standard InChI is InChI=1S/C18H15ClF2N2O2.C7H6N2/c19-13-7-8-14(20)12(17(13)21)6-9-16(24)23-15(18(22)25)10-11-4-2-1-3-5-11;1-2-4-7-6(3-1)5-8-9-7/h1-9,15H,10H2,(H2,22,25)(H,23,24);1-5H,(H,8,9)/b9-6+;. The van der Waals surface area contributed by atoms with Crippen LogP contribution in [0.15, 0.2) is 79.0 Å². The van der Waals surface area contributed by atoms with Crippen molar-refractivity contribution < 1.29 is 18.4 Å². The van der Waals surface area contributed by atoms with E-state index in [0.29, 0.717) is 0 Å². The van der Waals surface area contributed by atoms with Crippen LogP contribution in [0, 0.1) is 11.6 Å². The molecule has 0 aliphatic carbocycles. The van der Waals surface area contributed by atoms with E-state index in [1.165, 1.54) is 0 Å². The smallest absolute Gasteiger partial charge is 0.244 e. The highest BCUT2D eigenvalue weighted by Gasteiger charge is 2.18. The Balaban J connectivity index is 0.000000296. The van der Waals surface area contributed by atoms with Gasteiger partial charge in [-0.2, -0.15) is 5.10 Å². The predicted molar refractivity (Wildman–Crippen MR) is 128 cm³/mol. The van der Waals surface area contributed by atoms with Crippen molar-refractivity contribution in [2.45, 2.75) is 12.5 Å². The molecule has 0 aliphatic rings. The van der Waals surface area contributed by atoms with E-state index in [9.17, 15) is 18.4 Å². The fraction of sp³-hybridized carbons (Fsp3) is 0.0800. The highest BCUT2D eigenvalue weighted by molar-refractivity contribution is 6.30. The minimum Gasteiger partial charge on any atom is -0.368 e. The van der Waals surface area contributed by atoms with E-state index in [0.717, 1.165) is 40.8 Å². The number of aromatic nitrogens is 2. The van der Waals surface area contributed by atoms with Gasteiger partial charge in [0.1, 0.15) is 11.9 Å². The lowest BCUT2D eigenvalue weighted by atomic mass is 10.1. The zero-order valence-corrected chi connectivity index (χ0v) is 18.6. The van der Waals surface area contributed by atoms with Crippen molar-refractivity contribution in [3.05, 3.63) is 107 Å². The zero-order chi connectivity index (χ0) is 24.5. The van der Waals surface area contributed by atoms with Gasteiger partial charge in [0.05, 0.1) is 16.7 Å². The number of nitrogens with two attached hydrogens (primary N) is 1. The molecule has 0 bridgehead atoms. The van der Waals surface area contributed by atoms with E-state index in [2.05, 4.69) is 15.5 Å². The molecule has 1 atom stereocenters. The molecule has 0 saturated heterocycles. The van der Waals surface area contributed by atoms with Crippen molar-refractivity contribution in [1.82, 2.24) is 15.5 Å². The number of amides is 2. The van der Waals surface area contributed by atoms with Gasteiger partial charge in [-0.05, 0) is 29.8 Å². The number of fused-ring (bicyclic) bond motifs is 1. The summed E-state index contributed by atoms with van der Waals surface area (Å²) < 4.78 is 27.4. The maximum Gasteiger partial charge on any atom is 0.244 e. The van der Waals surface area contributed by atoms with Crippen LogP contribution >= 0.6 is 11.6 Å². The van der Waals surface area contributed by atoms with Gasteiger partial charge in [-0.1, -0.05) is 60.1 Å². The molecule has 1 unspecified atom stereocenters. The first-order valence-corrected chi connectivity index (χ1v) is 10.6. The molecule has 0 radical (unpaired) electrons. The second kappa shape index (κ2) is 11.7. The van der Waals surface area contributed by atoms with Crippen molar-refractivity contribution >= 4 is 40.4 Å². The molecular weight excluding hydrogens is 462 g/mol. The lowest BCUT2D eigenvalue weighted by Gasteiger charge is -2.14. The molecule has 4 N–H and O–H groups in total. The molecule has 0 spiro atoms. The summed E-state index contributed by atoms with van der Waals surface area (Å²) in [5, 5.41) is 10.1. The number of para-hydroxylation sites is 1. The Morgan fingerprint density at radius 3 is 2.47 bits per heavy atom. The summed E-state index contributed by atoms with van der Waals surface area (Å²) >= 11 is 5.58. The quantitative estimate of drug-likeness (QED) is 0.280. The number of hydrogen-bond donors (Lipinski definition) is 3. The Morgan fingerprint density at radius 1 is 1.06 bits per heavy atom. The Morgan fingerprint density at radius 2 is 1.76 bits per heavy atom. The Labute approximate surface area is 199 Å². The number of H-pyrrole nitrogens is 1. The van der Waals surface area contributed by atoms with Crippen LogP contribution in [-0.2, 0) is 16.0 Å². The topological polar surface area (TPSA) is 101 Å². The number of rotatable bonds is 6. The van der Waals surface area contributed by atoms with Crippen LogP contribution in [0.25, 0.3) is 17.0 Å². The van der Waals surface area contributed by atoms with Gasteiger partial charge in [0.2, 0.25) is 11.8 Å². The van der Waals surface area contributed by atoms with E-state index in [-0.39, 0.29) is 11.4 Å². The summed E-state index contributed by atoms with van der Waals surface area (Å²) in [5.74, 6) is -3.26. The lowest BCUT2D eigenvalue weighted by molar-refractivity contribution is -0.124. The number of nitrogens with zero attached hydrogens (tertiary/aromatic N) is 1. The lowest BCUT2D eigenvalue weighted by Crippen LogP contribution is -2.45. The van der Waals surface area contributed by atoms with Gasteiger partial charge in [-0.3, -0.25) is 14.7 Å². The average molecular weight is 483 g/mol. The van der Waals surface area contributed by atoms with E-state index in [1.54, 1.807) is 24.3 Å². The van der Waals surface area contributed by atoms with Crippen LogP contribution in [0.2, 0.25) is 5.02 Å². The molecule has 1 heterocycles. The van der Waals surface area contributed by atoms with Crippen LogP contribution in [0.4, 0.5) is 8.78 Å². The number of nitrogens with one attached hydrogen (secondary N) is 2.